The van der Waals surface area contributed by atoms with Gasteiger partial charge in [0.2, 0.25) is 0 Å². The molecule has 4 heterocycles. The molecule has 0 aliphatic carbocycles. The molecule has 0 unspecified atom stereocenters. The highest BCUT2D eigenvalue weighted by Crippen LogP contribution is 2.35. The quantitative estimate of drug-likeness (QED) is 0.616. The van der Waals surface area contributed by atoms with E-state index in [4.69, 9.17) is 9.47 Å². The van der Waals surface area contributed by atoms with E-state index >= 15 is 0 Å². The average molecular weight is 396 g/mol. The van der Waals surface area contributed by atoms with Crippen LogP contribution >= 0.6 is 0 Å². The Labute approximate surface area is 166 Å². The maximum Gasteiger partial charge on any atom is 0.324 e. The summed E-state index contributed by atoms with van der Waals surface area (Å²) < 4.78 is 10.9. The summed E-state index contributed by atoms with van der Waals surface area (Å²) >= 11 is 0. The molecule has 0 radical (unpaired) electrons. The number of urea groups is 2. The van der Waals surface area contributed by atoms with E-state index in [9.17, 15) is 9.59 Å². The zero-order valence-corrected chi connectivity index (χ0v) is 17.0. The van der Waals surface area contributed by atoms with Gasteiger partial charge in [-0.05, 0) is 13.8 Å². The van der Waals surface area contributed by atoms with Crippen molar-refractivity contribution in [3.05, 3.63) is 0 Å². The minimum Gasteiger partial charge on any atom is -0.379 e. The Morgan fingerprint density at radius 1 is 0.679 bits per heavy atom. The molecule has 2 atom stereocenters. The highest BCUT2D eigenvalue weighted by Gasteiger charge is 2.58. The molecule has 158 valence electrons. The average Bonchev–Trinajstić information content (AvgIpc) is 3.14. The number of hydrogen-bond donors (Lipinski definition) is 0. The highest BCUT2D eigenvalue weighted by atomic mass is 16.5. The molecule has 4 fully saturated rings. The zero-order valence-electron chi connectivity index (χ0n) is 17.0. The van der Waals surface area contributed by atoms with Crippen molar-refractivity contribution in [2.24, 2.45) is 0 Å². The largest absolute Gasteiger partial charge is 0.379 e. The molecular weight excluding hydrogens is 364 g/mol. The van der Waals surface area contributed by atoms with Crippen molar-refractivity contribution >= 4 is 12.1 Å². The number of likely N-dealkylation sites (N-methyl/N-ethyl adjacent to an activating group) is 2. The molecule has 0 aromatic rings. The number of ether oxygens (including phenoxy) is 2. The highest BCUT2D eigenvalue weighted by molar-refractivity contribution is 5.85. The van der Waals surface area contributed by atoms with E-state index in [-0.39, 0.29) is 24.4 Å². The van der Waals surface area contributed by atoms with Gasteiger partial charge in [-0.15, -0.1) is 0 Å². The Morgan fingerprint density at radius 2 is 1.04 bits per heavy atom. The molecule has 0 saturated carbocycles. The van der Waals surface area contributed by atoms with Crippen LogP contribution in [-0.2, 0) is 9.47 Å². The molecule has 10 nitrogen and oxygen atoms in total. The van der Waals surface area contributed by atoms with Crippen LogP contribution in [0.2, 0.25) is 0 Å². The maximum atomic E-state index is 13.2. The van der Waals surface area contributed by atoms with Gasteiger partial charge in [-0.2, -0.15) is 0 Å². The predicted octanol–water partition coefficient (Wildman–Crippen LogP) is -0.267. The number of hydrogen-bond acceptors (Lipinski definition) is 6. The van der Waals surface area contributed by atoms with Crippen LogP contribution in [0.5, 0.6) is 0 Å². The van der Waals surface area contributed by atoms with E-state index in [2.05, 4.69) is 9.80 Å². The van der Waals surface area contributed by atoms with Crippen LogP contribution < -0.4 is 0 Å². The molecule has 0 aromatic heterocycles. The van der Waals surface area contributed by atoms with E-state index < -0.39 is 0 Å². The molecule has 4 saturated heterocycles. The number of morpholine rings is 2. The third-order valence-electron chi connectivity index (χ3n) is 6.12. The van der Waals surface area contributed by atoms with Crippen molar-refractivity contribution in [3.63, 3.8) is 0 Å². The Kier molecular flexibility index (Phi) is 5.91. The molecule has 28 heavy (non-hydrogen) atoms. The minimum absolute atomic E-state index is 0.0157. The first kappa shape index (κ1) is 19.7. The first-order valence-corrected chi connectivity index (χ1v) is 10.4. The fourth-order valence-corrected chi connectivity index (χ4v) is 4.61. The van der Waals surface area contributed by atoms with Crippen LogP contribution in [0.15, 0.2) is 0 Å². The topological polar surface area (TPSA) is 72.0 Å². The van der Waals surface area contributed by atoms with Crippen molar-refractivity contribution in [1.29, 1.82) is 0 Å². The molecule has 0 spiro atoms. The molecule has 10 heteroatoms. The van der Waals surface area contributed by atoms with Crippen molar-refractivity contribution in [2.45, 2.75) is 26.2 Å². The van der Waals surface area contributed by atoms with Crippen LogP contribution in [0, 0.1) is 0 Å². The summed E-state index contributed by atoms with van der Waals surface area (Å²) in [4.78, 5) is 38.4. The summed E-state index contributed by atoms with van der Waals surface area (Å²) in [6, 6.07) is 0.0313. The zero-order chi connectivity index (χ0) is 19.7. The standard InChI is InChI=1S/C18H32N6O4/c1-3-21-15-16(24(17(21)25)14-20-7-11-28-12-8-20)22(4-2)18(26)23(15)13-19-5-9-27-10-6-19/h15-16H,3-14H2,1-2H3/t15-,16+. The molecule has 4 aliphatic heterocycles. The lowest BCUT2D eigenvalue weighted by atomic mass is 10.3. The smallest absolute Gasteiger partial charge is 0.324 e. The summed E-state index contributed by atoms with van der Waals surface area (Å²) in [5.41, 5.74) is 0. The van der Waals surface area contributed by atoms with Crippen LogP contribution in [-0.4, -0.2) is 133 Å². The van der Waals surface area contributed by atoms with Crippen molar-refractivity contribution < 1.29 is 19.1 Å². The minimum atomic E-state index is -0.242. The number of fused-ring (bicyclic) bond motifs is 1. The summed E-state index contributed by atoms with van der Waals surface area (Å²) in [7, 11) is 0. The summed E-state index contributed by atoms with van der Waals surface area (Å²) in [6.45, 7) is 12.2. The van der Waals surface area contributed by atoms with Gasteiger partial charge < -0.3 is 19.3 Å². The van der Waals surface area contributed by atoms with E-state index in [0.717, 1.165) is 26.2 Å². The van der Waals surface area contributed by atoms with Gasteiger partial charge in [-0.25, -0.2) is 9.59 Å². The van der Waals surface area contributed by atoms with Crippen molar-refractivity contribution in [3.8, 4) is 0 Å². The Balaban J connectivity index is 1.56. The third-order valence-corrected chi connectivity index (χ3v) is 6.12. The molecular formula is C18H32N6O4. The van der Waals surface area contributed by atoms with Crippen molar-refractivity contribution in [2.75, 3.05) is 79.0 Å². The first-order valence-electron chi connectivity index (χ1n) is 10.4. The monoisotopic (exact) mass is 396 g/mol. The summed E-state index contributed by atoms with van der Waals surface area (Å²) in [5, 5.41) is 0. The fourth-order valence-electron chi connectivity index (χ4n) is 4.61. The lowest BCUT2D eigenvalue weighted by molar-refractivity contribution is -0.00234. The van der Waals surface area contributed by atoms with Gasteiger partial charge in [0.05, 0.1) is 39.8 Å². The molecule has 4 rings (SSSR count). The SMILES string of the molecule is CCN1C(=O)N(CN2CCOCC2)[C@H]2[C@H]1N(CN1CCOCC1)C(=O)N2CC. The van der Waals surface area contributed by atoms with Gasteiger partial charge in [0, 0.05) is 39.3 Å². The number of carbonyl (C=O) groups excluding carboxylic acids is 2. The van der Waals surface area contributed by atoms with E-state index in [1.54, 1.807) is 0 Å². The molecule has 4 amide bonds. The van der Waals surface area contributed by atoms with E-state index in [0.29, 0.717) is 52.9 Å². The predicted molar refractivity (Wildman–Crippen MR) is 101 cm³/mol. The van der Waals surface area contributed by atoms with Gasteiger partial charge in [-0.3, -0.25) is 19.6 Å². The van der Waals surface area contributed by atoms with Gasteiger partial charge in [0.25, 0.3) is 0 Å². The normalized spacial score (nSPS) is 29.9. The van der Waals surface area contributed by atoms with Crippen LogP contribution in [0.1, 0.15) is 13.8 Å². The van der Waals surface area contributed by atoms with Gasteiger partial charge in [0.1, 0.15) is 0 Å². The van der Waals surface area contributed by atoms with E-state index in [1.165, 1.54) is 0 Å². The number of nitrogens with zero attached hydrogens (tertiary/aromatic N) is 6. The molecule has 0 N–H and O–H groups in total. The third kappa shape index (κ3) is 3.42. The van der Waals surface area contributed by atoms with Gasteiger partial charge >= 0.3 is 12.1 Å². The van der Waals surface area contributed by atoms with Crippen LogP contribution in [0.3, 0.4) is 0 Å². The molecule has 0 aromatic carbocycles. The van der Waals surface area contributed by atoms with Crippen LogP contribution in [0.4, 0.5) is 9.59 Å². The Morgan fingerprint density at radius 3 is 1.36 bits per heavy atom. The molecule has 4 aliphatic rings. The Hall–Kier alpha value is -1.62. The number of carbonyl (C=O) groups is 2. The summed E-state index contributed by atoms with van der Waals surface area (Å²) in [5.74, 6) is 0. The van der Waals surface area contributed by atoms with Crippen LogP contribution in [0.25, 0.3) is 0 Å². The van der Waals surface area contributed by atoms with Gasteiger partial charge in [0.15, 0.2) is 12.3 Å². The second-order valence-electron chi connectivity index (χ2n) is 7.65. The Bertz CT molecular complexity index is 530. The van der Waals surface area contributed by atoms with Gasteiger partial charge in [-0.1, -0.05) is 0 Å². The number of rotatable bonds is 6. The number of amides is 4. The van der Waals surface area contributed by atoms with E-state index in [1.807, 2.05) is 33.4 Å². The summed E-state index contributed by atoms with van der Waals surface area (Å²) in [6.07, 6.45) is -0.484. The lowest BCUT2D eigenvalue weighted by Crippen LogP contribution is -2.52. The fraction of sp³-hybridized carbons (Fsp3) is 0.889. The van der Waals surface area contributed by atoms with Crippen molar-refractivity contribution in [1.82, 2.24) is 29.4 Å². The molecule has 0 bridgehead atoms. The first-order chi connectivity index (χ1) is 13.7. The lowest BCUT2D eigenvalue weighted by Gasteiger charge is -2.35. The maximum absolute atomic E-state index is 13.2. The second-order valence-corrected chi connectivity index (χ2v) is 7.65. The second kappa shape index (κ2) is 8.40.